The van der Waals surface area contributed by atoms with Crippen LogP contribution < -0.4 is 9.47 Å². The molecular weight excluding hydrogens is 272 g/mol. The first-order chi connectivity index (χ1) is 10.2. The average molecular weight is 284 g/mol. The van der Waals surface area contributed by atoms with Crippen molar-refractivity contribution in [2.45, 2.75) is 0 Å². The number of aromatic nitrogens is 2. The third-order valence-electron chi connectivity index (χ3n) is 3.03. The van der Waals surface area contributed by atoms with Gasteiger partial charge in [0.25, 0.3) is 0 Å². The van der Waals surface area contributed by atoms with E-state index < -0.39 is 5.97 Å². The molecule has 6 nitrogen and oxygen atoms in total. The number of carboxylic acid groups (broad SMARTS) is 1. The Hall–Kier alpha value is -3.02. The molecule has 0 aliphatic heterocycles. The summed E-state index contributed by atoms with van der Waals surface area (Å²) < 4.78 is 12.7. The summed E-state index contributed by atoms with van der Waals surface area (Å²) in [5, 5.41) is 9.28. The van der Waals surface area contributed by atoms with Crippen LogP contribution in [0.2, 0.25) is 0 Å². The number of nitrogens with zero attached hydrogens (tertiary/aromatic N) is 2. The molecule has 1 N–H and O–H groups in total. The summed E-state index contributed by atoms with van der Waals surface area (Å²) in [5.74, 6) is -0.112. The van der Waals surface area contributed by atoms with Crippen LogP contribution in [0.3, 0.4) is 0 Å². The summed E-state index contributed by atoms with van der Waals surface area (Å²) in [7, 11) is 1.46. The summed E-state index contributed by atoms with van der Waals surface area (Å²) in [6.07, 6.45) is 3.38. The highest BCUT2D eigenvalue weighted by atomic mass is 16.5. The van der Waals surface area contributed by atoms with E-state index in [1.807, 2.05) is 6.07 Å². The number of aromatic carboxylic acids is 1. The van der Waals surface area contributed by atoms with Gasteiger partial charge in [-0.3, -0.25) is 4.40 Å². The normalized spacial score (nSPS) is 10.5. The van der Waals surface area contributed by atoms with E-state index in [-0.39, 0.29) is 11.3 Å². The molecule has 0 radical (unpaired) electrons. The first-order valence-electron chi connectivity index (χ1n) is 6.21. The molecule has 0 fully saturated rings. The summed E-state index contributed by atoms with van der Waals surface area (Å²) in [6, 6.07) is 10.1. The van der Waals surface area contributed by atoms with E-state index in [0.717, 1.165) is 0 Å². The number of hydrogen-bond acceptors (Lipinski definition) is 4. The van der Waals surface area contributed by atoms with Crippen molar-refractivity contribution in [1.82, 2.24) is 9.38 Å². The van der Waals surface area contributed by atoms with Crippen LogP contribution in [-0.2, 0) is 0 Å². The summed E-state index contributed by atoms with van der Waals surface area (Å²) in [6.45, 7) is 0. The molecule has 21 heavy (non-hydrogen) atoms. The lowest BCUT2D eigenvalue weighted by Gasteiger charge is -2.13. The van der Waals surface area contributed by atoms with Gasteiger partial charge >= 0.3 is 5.97 Å². The first kappa shape index (κ1) is 13.0. The van der Waals surface area contributed by atoms with E-state index in [1.54, 1.807) is 41.1 Å². The number of carbonyl (C=O) groups is 1. The fraction of sp³-hybridized carbons (Fsp3) is 0.0667. The number of benzene rings is 1. The third-order valence-corrected chi connectivity index (χ3v) is 3.03. The van der Waals surface area contributed by atoms with Crippen LogP contribution in [0.25, 0.3) is 5.65 Å². The minimum absolute atomic E-state index is 0.0338. The van der Waals surface area contributed by atoms with Gasteiger partial charge in [0.05, 0.1) is 7.11 Å². The SMILES string of the molecule is COc1cccc(C(=O)O)c1Oc1cccc2nccn12. The van der Waals surface area contributed by atoms with E-state index in [0.29, 0.717) is 17.3 Å². The summed E-state index contributed by atoms with van der Waals surface area (Å²) >= 11 is 0. The van der Waals surface area contributed by atoms with Crippen molar-refractivity contribution in [3.63, 3.8) is 0 Å². The van der Waals surface area contributed by atoms with E-state index in [9.17, 15) is 9.90 Å². The van der Waals surface area contributed by atoms with E-state index in [4.69, 9.17) is 9.47 Å². The molecule has 0 amide bonds. The van der Waals surface area contributed by atoms with Crippen LogP contribution >= 0.6 is 0 Å². The number of pyridine rings is 1. The Morgan fingerprint density at radius 1 is 1.24 bits per heavy atom. The van der Waals surface area contributed by atoms with Crippen LogP contribution in [0.1, 0.15) is 10.4 Å². The zero-order valence-electron chi connectivity index (χ0n) is 11.2. The maximum Gasteiger partial charge on any atom is 0.339 e. The Labute approximate surface area is 120 Å². The predicted molar refractivity (Wildman–Crippen MR) is 75.2 cm³/mol. The van der Waals surface area contributed by atoms with Crippen LogP contribution in [0.4, 0.5) is 0 Å². The number of methoxy groups -OCH3 is 1. The highest BCUT2D eigenvalue weighted by Gasteiger charge is 2.18. The lowest BCUT2D eigenvalue weighted by Crippen LogP contribution is -2.03. The molecule has 0 aliphatic carbocycles. The molecule has 0 aliphatic rings. The van der Waals surface area contributed by atoms with Gasteiger partial charge in [0.2, 0.25) is 5.88 Å². The molecule has 2 aromatic heterocycles. The molecular formula is C15H12N2O4. The quantitative estimate of drug-likeness (QED) is 0.797. The number of rotatable bonds is 4. The van der Waals surface area contributed by atoms with Crippen molar-refractivity contribution < 1.29 is 19.4 Å². The molecule has 2 heterocycles. The Morgan fingerprint density at radius 3 is 2.81 bits per heavy atom. The Kier molecular flexibility index (Phi) is 3.19. The van der Waals surface area contributed by atoms with E-state index >= 15 is 0 Å². The largest absolute Gasteiger partial charge is 0.493 e. The molecule has 106 valence electrons. The molecule has 6 heteroatoms. The number of fused-ring (bicyclic) bond motifs is 1. The molecule has 0 saturated carbocycles. The minimum atomic E-state index is -1.08. The monoisotopic (exact) mass is 284 g/mol. The zero-order valence-corrected chi connectivity index (χ0v) is 11.2. The minimum Gasteiger partial charge on any atom is -0.493 e. The number of ether oxygens (including phenoxy) is 2. The average Bonchev–Trinajstić information content (AvgIpc) is 2.96. The standard InChI is InChI=1S/C15H12N2O4/c1-20-11-5-2-4-10(15(18)19)14(11)21-13-7-3-6-12-16-8-9-17(12)13/h2-9H,1H3,(H,18,19). The van der Waals surface area contributed by atoms with Crippen LogP contribution in [0.15, 0.2) is 48.8 Å². The van der Waals surface area contributed by atoms with Crippen LogP contribution in [-0.4, -0.2) is 27.6 Å². The number of carboxylic acids is 1. The molecule has 1 aromatic carbocycles. The lowest BCUT2D eigenvalue weighted by molar-refractivity contribution is 0.0693. The topological polar surface area (TPSA) is 73.1 Å². The van der Waals surface area contributed by atoms with Gasteiger partial charge in [0, 0.05) is 12.4 Å². The first-order valence-corrected chi connectivity index (χ1v) is 6.21. The van der Waals surface area contributed by atoms with Crippen LogP contribution in [0, 0.1) is 0 Å². The zero-order chi connectivity index (χ0) is 14.8. The second kappa shape index (κ2) is 5.16. The maximum absolute atomic E-state index is 11.3. The Balaban J connectivity index is 2.13. The number of para-hydroxylation sites is 1. The highest BCUT2D eigenvalue weighted by Crippen LogP contribution is 2.35. The van der Waals surface area contributed by atoms with E-state index in [1.165, 1.54) is 13.2 Å². The van der Waals surface area contributed by atoms with Crippen LogP contribution in [0.5, 0.6) is 17.4 Å². The second-order valence-electron chi connectivity index (χ2n) is 4.26. The van der Waals surface area contributed by atoms with Crippen molar-refractivity contribution >= 4 is 11.6 Å². The highest BCUT2D eigenvalue weighted by molar-refractivity contribution is 5.92. The van der Waals surface area contributed by atoms with Crippen molar-refractivity contribution in [3.8, 4) is 17.4 Å². The summed E-state index contributed by atoms with van der Waals surface area (Å²) in [5.41, 5.74) is 0.741. The second-order valence-corrected chi connectivity index (χ2v) is 4.26. The van der Waals surface area contributed by atoms with Crippen molar-refractivity contribution in [1.29, 1.82) is 0 Å². The van der Waals surface area contributed by atoms with Gasteiger partial charge in [-0.05, 0) is 24.3 Å². The molecule has 0 saturated heterocycles. The molecule has 0 unspecified atom stereocenters. The molecule has 0 spiro atoms. The molecule has 0 bridgehead atoms. The smallest absolute Gasteiger partial charge is 0.339 e. The number of hydrogen-bond donors (Lipinski definition) is 1. The van der Waals surface area contributed by atoms with Gasteiger partial charge < -0.3 is 14.6 Å². The van der Waals surface area contributed by atoms with Gasteiger partial charge in [-0.2, -0.15) is 0 Å². The van der Waals surface area contributed by atoms with Gasteiger partial charge in [0.1, 0.15) is 11.2 Å². The molecule has 3 rings (SSSR count). The predicted octanol–water partition coefficient (Wildman–Crippen LogP) is 2.83. The van der Waals surface area contributed by atoms with Crippen molar-refractivity contribution in [3.05, 3.63) is 54.4 Å². The Morgan fingerprint density at radius 2 is 2.05 bits per heavy atom. The summed E-state index contributed by atoms with van der Waals surface area (Å²) in [4.78, 5) is 15.5. The van der Waals surface area contributed by atoms with Crippen molar-refractivity contribution in [2.75, 3.05) is 7.11 Å². The van der Waals surface area contributed by atoms with E-state index in [2.05, 4.69) is 4.98 Å². The van der Waals surface area contributed by atoms with Gasteiger partial charge in [-0.15, -0.1) is 0 Å². The molecule has 3 aromatic rings. The van der Waals surface area contributed by atoms with Crippen molar-refractivity contribution in [2.24, 2.45) is 0 Å². The number of imidazole rings is 1. The van der Waals surface area contributed by atoms with Gasteiger partial charge in [0.15, 0.2) is 11.5 Å². The Bertz CT molecular complexity index is 810. The fourth-order valence-corrected chi connectivity index (χ4v) is 2.06. The third kappa shape index (κ3) is 2.27. The van der Waals surface area contributed by atoms with Gasteiger partial charge in [-0.1, -0.05) is 12.1 Å². The van der Waals surface area contributed by atoms with Gasteiger partial charge in [-0.25, -0.2) is 9.78 Å². The fourth-order valence-electron chi connectivity index (χ4n) is 2.06. The lowest BCUT2D eigenvalue weighted by atomic mass is 10.2. The maximum atomic E-state index is 11.3. The molecule has 0 atom stereocenters.